The van der Waals surface area contributed by atoms with Crippen LogP contribution in [0.15, 0.2) is 46.7 Å². The van der Waals surface area contributed by atoms with Crippen LogP contribution in [0.25, 0.3) is 0 Å². The first-order valence-corrected chi connectivity index (χ1v) is 10.5. The van der Waals surface area contributed by atoms with Gasteiger partial charge in [-0.1, -0.05) is 6.07 Å². The number of sulfonamides is 1. The molecule has 1 aliphatic heterocycles. The summed E-state index contributed by atoms with van der Waals surface area (Å²) >= 11 is 1.29. The summed E-state index contributed by atoms with van der Waals surface area (Å²) in [6.45, 7) is 0.609. The summed E-state index contributed by atoms with van der Waals surface area (Å²) in [5, 5.41) is 4.34. The molecule has 2 amide bonds. The number of thiophene rings is 1. The Morgan fingerprint density at radius 1 is 1.07 bits per heavy atom. The number of amides is 2. The quantitative estimate of drug-likeness (QED) is 0.800. The number of carbonyl (C=O) groups is 2. The van der Waals surface area contributed by atoms with E-state index in [1.165, 1.54) is 32.7 Å². The summed E-state index contributed by atoms with van der Waals surface area (Å²) in [6.07, 6.45) is 0. The maximum absolute atomic E-state index is 13.0. The van der Waals surface area contributed by atoms with Crippen LogP contribution in [-0.4, -0.2) is 62.2 Å². The molecule has 2 aromatic rings. The summed E-state index contributed by atoms with van der Waals surface area (Å²) < 4.78 is 39.4. The average molecular weight is 411 g/mol. The molecule has 0 saturated carbocycles. The number of nitrogens with zero attached hydrogens (tertiary/aromatic N) is 2. The Kier molecular flexibility index (Phi) is 5.88. The lowest BCUT2D eigenvalue weighted by Crippen LogP contribution is -2.52. The Balaban J connectivity index is 1.53. The standard InChI is InChI=1S/C17H18FN3O4S2/c18-13-3-5-14(6-4-13)27(24,25)21-9-7-20(8-10-21)16(22)12-19-17(23)15-2-1-11-26-15/h1-6,11H,7-10,12H2,(H,19,23). The summed E-state index contributed by atoms with van der Waals surface area (Å²) in [5.74, 6) is -1.08. The molecule has 0 spiro atoms. The molecule has 2 heterocycles. The third kappa shape index (κ3) is 4.52. The Hall–Kier alpha value is -2.30. The van der Waals surface area contributed by atoms with Gasteiger partial charge in [-0.3, -0.25) is 9.59 Å². The largest absolute Gasteiger partial charge is 0.342 e. The van der Waals surface area contributed by atoms with Crippen LogP contribution in [-0.2, 0) is 14.8 Å². The van der Waals surface area contributed by atoms with Crippen molar-refractivity contribution in [3.8, 4) is 0 Å². The molecule has 1 aromatic carbocycles. The Labute approximate surface area is 160 Å². The maximum Gasteiger partial charge on any atom is 0.261 e. The highest BCUT2D eigenvalue weighted by Gasteiger charge is 2.30. The molecule has 0 unspecified atom stereocenters. The third-order valence-corrected chi connectivity index (χ3v) is 6.97. The van der Waals surface area contributed by atoms with Crippen molar-refractivity contribution in [2.24, 2.45) is 0 Å². The van der Waals surface area contributed by atoms with Crippen molar-refractivity contribution in [3.05, 3.63) is 52.5 Å². The summed E-state index contributed by atoms with van der Waals surface area (Å²) in [7, 11) is -3.72. The van der Waals surface area contributed by atoms with E-state index in [1.807, 2.05) is 0 Å². The van der Waals surface area contributed by atoms with Crippen LogP contribution in [0.4, 0.5) is 4.39 Å². The predicted octanol–water partition coefficient (Wildman–Crippen LogP) is 1.15. The van der Waals surface area contributed by atoms with Crippen LogP contribution in [0, 0.1) is 5.82 Å². The lowest BCUT2D eigenvalue weighted by atomic mass is 10.3. The van der Waals surface area contributed by atoms with Gasteiger partial charge in [0.25, 0.3) is 5.91 Å². The number of halogens is 1. The highest BCUT2D eigenvalue weighted by molar-refractivity contribution is 7.89. The number of hydrogen-bond acceptors (Lipinski definition) is 5. The van der Waals surface area contributed by atoms with Crippen molar-refractivity contribution in [2.75, 3.05) is 32.7 Å². The van der Waals surface area contributed by atoms with E-state index in [2.05, 4.69) is 5.32 Å². The second-order valence-electron chi connectivity index (χ2n) is 5.90. The van der Waals surface area contributed by atoms with Gasteiger partial charge in [-0.15, -0.1) is 11.3 Å². The topological polar surface area (TPSA) is 86.8 Å². The van der Waals surface area contributed by atoms with Crippen molar-refractivity contribution in [3.63, 3.8) is 0 Å². The average Bonchev–Trinajstić information content (AvgIpc) is 3.21. The first kappa shape index (κ1) is 19.5. The Morgan fingerprint density at radius 3 is 2.33 bits per heavy atom. The van der Waals surface area contributed by atoms with Gasteiger partial charge < -0.3 is 10.2 Å². The fourth-order valence-electron chi connectivity index (χ4n) is 2.70. The molecule has 7 nitrogen and oxygen atoms in total. The van der Waals surface area contributed by atoms with Gasteiger partial charge in [-0.2, -0.15) is 4.31 Å². The zero-order valence-electron chi connectivity index (χ0n) is 14.3. The zero-order chi connectivity index (χ0) is 19.4. The molecule has 0 bridgehead atoms. The van der Waals surface area contributed by atoms with E-state index in [0.717, 1.165) is 12.1 Å². The molecular formula is C17H18FN3O4S2. The summed E-state index contributed by atoms with van der Waals surface area (Å²) in [5.41, 5.74) is 0. The van der Waals surface area contributed by atoms with Crippen molar-refractivity contribution < 1.29 is 22.4 Å². The number of carbonyl (C=O) groups excluding carboxylic acids is 2. The molecule has 0 atom stereocenters. The Morgan fingerprint density at radius 2 is 1.74 bits per heavy atom. The van der Waals surface area contributed by atoms with E-state index in [4.69, 9.17) is 0 Å². The van der Waals surface area contributed by atoms with Gasteiger partial charge >= 0.3 is 0 Å². The van der Waals surface area contributed by atoms with Gasteiger partial charge in [0.2, 0.25) is 15.9 Å². The molecule has 0 radical (unpaired) electrons. The van der Waals surface area contributed by atoms with Gasteiger partial charge in [0.1, 0.15) is 5.82 Å². The van der Waals surface area contributed by atoms with Gasteiger partial charge in [-0.05, 0) is 35.7 Å². The van der Waals surface area contributed by atoms with Crippen LogP contribution >= 0.6 is 11.3 Å². The van der Waals surface area contributed by atoms with E-state index in [0.29, 0.717) is 4.88 Å². The van der Waals surface area contributed by atoms with Crippen molar-refractivity contribution >= 4 is 33.2 Å². The zero-order valence-corrected chi connectivity index (χ0v) is 15.9. The number of piperazine rings is 1. The smallest absolute Gasteiger partial charge is 0.261 e. The first-order chi connectivity index (χ1) is 12.9. The van der Waals surface area contributed by atoms with Crippen molar-refractivity contribution in [1.82, 2.24) is 14.5 Å². The Bertz CT molecular complexity index is 906. The molecule has 1 aromatic heterocycles. The predicted molar refractivity (Wildman–Crippen MR) is 98.4 cm³/mol. The third-order valence-electron chi connectivity index (χ3n) is 4.19. The van der Waals surface area contributed by atoms with Gasteiger partial charge in [-0.25, -0.2) is 12.8 Å². The van der Waals surface area contributed by atoms with Gasteiger partial charge in [0, 0.05) is 26.2 Å². The summed E-state index contributed by atoms with van der Waals surface area (Å²) in [6, 6.07) is 8.07. The van der Waals surface area contributed by atoms with Gasteiger partial charge in [0.15, 0.2) is 0 Å². The molecule has 27 heavy (non-hydrogen) atoms. The van der Waals surface area contributed by atoms with Crippen LogP contribution in [0.2, 0.25) is 0 Å². The molecule has 1 saturated heterocycles. The van der Waals surface area contributed by atoms with E-state index < -0.39 is 15.8 Å². The molecule has 1 N–H and O–H groups in total. The lowest BCUT2D eigenvalue weighted by Gasteiger charge is -2.34. The van der Waals surface area contributed by atoms with E-state index in [-0.39, 0.29) is 49.4 Å². The molecule has 144 valence electrons. The molecule has 1 fully saturated rings. The minimum absolute atomic E-state index is 0.0203. The number of nitrogens with one attached hydrogen (secondary N) is 1. The van der Waals surface area contributed by atoms with E-state index in [9.17, 15) is 22.4 Å². The molecule has 3 rings (SSSR count). The fraction of sp³-hybridized carbons (Fsp3) is 0.294. The molecular weight excluding hydrogens is 393 g/mol. The molecule has 0 aliphatic carbocycles. The van der Waals surface area contributed by atoms with E-state index in [1.54, 1.807) is 17.5 Å². The van der Waals surface area contributed by atoms with Crippen molar-refractivity contribution in [1.29, 1.82) is 0 Å². The minimum Gasteiger partial charge on any atom is -0.342 e. The molecule has 10 heteroatoms. The number of hydrogen-bond donors (Lipinski definition) is 1. The lowest BCUT2D eigenvalue weighted by molar-refractivity contribution is -0.131. The SMILES string of the molecule is O=C(NCC(=O)N1CCN(S(=O)(=O)c2ccc(F)cc2)CC1)c1cccs1. The maximum atomic E-state index is 13.0. The fourth-order valence-corrected chi connectivity index (χ4v) is 4.76. The number of benzene rings is 1. The van der Waals surface area contributed by atoms with Crippen LogP contribution < -0.4 is 5.32 Å². The van der Waals surface area contributed by atoms with E-state index >= 15 is 0 Å². The first-order valence-electron chi connectivity index (χ1n) is 8.23. The van der Waals surface area contributed by atoms with Crippen LogP contribution in [0.1, 0.15) is 9.67 Å². The highest BCUT2D eigenvalue weighted by atomic mass is 32.2. The monoisotopic (exact) mass is 411 g/mol. The van der Waals surface area contributed by atoms with Crippen molar-refractivity contribution in [2.45, 2.75) is 4.90 Å². The summed E-state index contributed by atoms with van der Waals surface area (Å²) in [4.78, 5) is 26.2. The second kappa shape index (κ2) is 8.15. The molecule has 1 aliphatic rings. The van der Waals surface area contributed by atoms with Crippen LogP contribution in [0.3, 0.4) is 0 Å². The minimum atomic E-state index is -3.72. The van der Waals surface area contributed by atoms with Crippen LogP contribution in [0.5, 0.6) is 0 Å². The highest BCUT2D eigenvalue weighted by Crippen LogP contribution is 2.18. The normalized spacial score (nSPS) is 15.5. The second-order valence-corrected chi connectivity index (χ2v) is 8.78. The van der Waals surface area contributed by atoms with Gasteiger partial charge in [0.05, 0.1) is 16.3 Å². The number of rotatable bonds is 5.